The normalized spacial score (nSPS) is 13.0. The molecule has 0 heterocycles. The Bertz CT molecular complexity index is 705. The molecule has 8 heteroatoms. The Morgan fingerprint density at radius 3 is 2.14 bits per heavy atom. The monoisotopic (exact) mass is 364 g/mol. The van der Waals surface area contributed by atoms with Gasteiger partial charge in [-0.15, -0.1) is 0 Å². The predicted molar refractivity (Wildman–Crippen MR) is 89.0 cm³/mol. The van der Waals surface area contributed by atoms with Crippen LogP contribution in [-0.4, -0.2) is 27.8 Å². The van der Waals surface area contributed by atoms with Crippen molar-refractivity contribution in [3.8, 4) is 5.75 Å². The van der Waals surface area contributed by atoms with Crippen molar-refractivity contribution < 1.29 is 22.7 Å². The molecule has 0 spiro atoms. The molecule has 124 valence electrons. The maximum Gasteiger partial charge on any atom is 0.339 e. The average Bonchev–Trinajstić information content (AvgIpc) is 2.27. The van der Waals surface area contributed by atoms with Crippen molar-refractivity contribution in [1.82, 2.24) is 0 Å². The van der Waals surface area contributed by atoms with Crippen LogP contribution in [0, 0.1) is 6.92 Å². The van der Waals surface area contributed by atoms with Crippen molar-refractivity contribution in [2.75, 3.05) is 0 Å². The van der Waals surface area contributed by atoms with Crippen molar-refractivity contribution in [3.63, 3.8) is 0 Å². The lowest BCUT2D eigenvalue weighted by atomic mass is 10.1. The maximum absolute atomic E-state index is 11.8. The van der Waals surface area contributed by atoms with E-state index in [1.807, 2.05) is 33.9 Å². The summed E-state index contributed by atoms with van der Waals surface area (Å²) in [6.07, 6.45) is 0. The summed E-state index contributed by atoms with van der Waals surface area (Å²) in [5, 5.41) is 9.16. The zero-order valence-electron chi connectivity index (χ0n) is 13.5. The molecule has 0 fully saturated rings. The smallest absolute Gasteiger partial charge is 0.339 e. The fraction of sp³-hybridized carbons (Fsp3) is 0.500. The molecule has 0 aliphatic heterocycles. The van der Waals surface area contributed by atoms with Gasteiger partial charge in [0.15, 0.2) is 0 Å². The molecule has 0 atom stereocenters. The third kappa shape index (κ3) is 4.02. The Hall–Kier alpha value is -1.05. The molecule has 0 saturated heterocycles. The van der Waals surface area contributed by atoms with Crippen LogP contribution in [-0.2, 0) is 9.05 Å². The van der Waals surface area contributed by atoms with E-state index in [9.17, 15) is 18.3 Å². The predicted octanol–water partition coefficient (Wildman–Crippen LogP) is 4.00. The fourth-order valence-corrected chi connectivity index (χ4v) is 3.75. The van der Waals surface area contributed by atoms with E-state index in [-0.39, 0.29) is 21.2 Å². The molecule has 0 saturated carbocycles. The van der Waals surface area contributed by atoms with Crippen molar-refractivity contribution in [1.29, 1.82) is 0 Å². The lowest BCUT2D eigenvalue weighted by Gasteiger charge is -2.37. The second-order valence-electron chi connectivity index (χ2n) is 6.75. The highest BCUT2D eigenvalue weighted by Crippen LogP contribution is 2.41. The topological polar surface area (TPSA) is 80.7 Å². The molecule has 0 aliphatic rings. The second kappa shape index (κ2) is 5.86. The first-order chi connectivity index (χ1) is 9.67. The molecule has 22 heavy (non-hydrogen) atoms. The van der Waals surface area contributed by atoms with Crippen LogP contribution in [0.25, 0.3) is 0 Å². The minimum Gasteiger partial charge on any atom is -0.542 e. The van der Waals surface area contributed by atoms with Crippen LogP contribution in [0.5, 0.6) is 5.75 Å². The number of carbonyl (C=O) groups is 1. The lowest BCUT2D eigenvalue weighted by molar-refractivity contribution is 0.0694. The fourth-order valence-electron chi connectivity index (χ4n) is 1.59. The SMILES string of the molecule is Cc1cc(C(=O)O)c(O[Si](C)(C)C(C)(C)C)c(S(=O)(=O)Cl)c1. The molecular formula is C14H21ClO5SSi. The Balaban J connectivity index is 3.67. The van der Waals surface area contributed by atoms with Crippen molar-refractivity contribution in [2.24, 2.45) is 0 Å². The Labute approximate surface area is 136 Å². The zero-order valence-corrected chi connectivity index (χ0v) is 16.1. The van der Waals surface area contributed by atoms with Crippen LogP contribution in [0.15, 0.2) is 17.0 Å². The summed E-state index contributed by atoms with van der Waals surface area (Å²) in [6, 6.07) is 2.72. The number of aromatic carboxylic acids is 1. The van der Waals surface area contributed by atoms with Gasteiger partial charge in [0.05, 0.1) is 0 Å². The number of rotatable bonds is 4. The van der Waals surface area contributed by atoms with Crippen LogP contribution >= 0.6 is 10.7 Å². The van der Waals surface area contributed by atoms with Crippen LogP contribution in [0.2, 0.25) is 18.1 Å². The summed E-state index contributed by atoms with van der Waals surface area (Å²) in [5.41, 5.74) is 0.295. The standard InChI is InChI=1S/C14H21ClO5SSi/c1-9-7-10(13(16)17)12(11(8-9)21(15,18)19)20-22(5,6)14(2,3)4/h7-8H,1-6H3,(H,16,17). The molecule has 1 N–H and O–H groups in total. The van der Waals surface area contributed by atoms with Gasteiger partial charge in [0.1, 0.15) is 16.2 Å². The van der Waals surface area contributed by atoms with Gasteiger partial charge in [-0.2, -0.15) is 0 Å². The Morgan fingerprint density at radius 1 is 1.27 bits per heavy atom. The molecule has 1 aromatic carbocycles. The average molecular weight is 365 g/mol. The van der Waals surface area contributed by atoms with Crippen LogP contribution in [0.1, 0.15) is 36.7 Å². The number of aryl methyl sites for hydroxylation is 1. The number of carboxylic acids is 1. The first kappa shape index (κ1) is 19.0. The Kier molecular flexibility index (Phi) is 5.06. The number of benzene rings is 1. The second-order valence-corrected chi connectivity index (χ2v) is 14.0. The van der Waals surface area contributed by atoms with Crippen LogP contribution in [0.3, 0.4) is 0 Å². The number of hydrogen-bond acceptors (Lipinski definition) is 4. The van der Waals surface area contributed by atoms with E-state index < -0.39 is 23.3 Å². The van der Waals surface area contributed by atoms with E-state index in [0.717, 1.165) is 0 Å². The van der Waals surface area contributed by atoms with Gasteiger partial charge in [-0.1, -0.05) is 20.8 Å². The van der Waals surface area contributed by atoms with Crippen molar-refractivity contribution in [3.05, 3.63) is 23.3 Å². The minimum atomic E-state index is -4.12. The minimum absolute atomic E-state index is 0.167. The molecule has 0 aliphatic carbocycles. The van der Waals surface area contributed by atoms with Gasteiger partial charge in [-0.05, 0) is 42.8 Å². The zero-order chi connectivity index (χ0) is 17.5. The highest BCUT2D eigenvalue weighted by atomic mass is 35.7. The lowest BCUT2D eigenvalue weighted by Crippen LogP contribution is -2.44. The van der Waals surface area contributed by atoms with Crippen LogP contribution < -0.4 is 4.43 Å². The third-order valence-corrected chi connectivity index (χ3v) is 9.51. The first-order valence-corrected chi connectivity index (χ1v) is 11.9. The van der Waals surface area contributed by atoms with Crippen molar-refractivity contribution in [2.45, 2.75) is 50.7 Å². The van der Waals surface area contributed by atoms with E-state index in [4.69, 9.17) is 15.1 Å². The molecular weight excluding hydrogens is 344 g/mol. The van der Waals surface area contributed by atoms with Gasteiger partial charge in [0, 0.05) is 10.7 Å². The number of hydrogen-bond donors (Lipinski definition) is 1. The van der Waals surface area contributed by atoms with Gasteiger partial charge in [-0.3, -0.25) is 0 Å². The van der Waals surface area contributed by atoms with Gasteiger partial charge in [0.25, 0.3) is 17.4 Å². The maximum atomic E-state index is 11.8. The summed E-state index contributed by atoms with van der Waals surface area (Å²) < 4.78 is 29.6. The van der Waals surface area contributed by atoms with Gasteiger partial charge >= 0.3 is 5.97 Å². The first-order valence-electron chi connectivity index (χ1n) is 6.68. The largest absolute Gasteiger partial charge is 0.542 e. The van der Waals surface area contributed by atoms with Gasteiger partial charge < -0.3 is 9.53 Å². The summed E-state index contributed by atoms with van der Waals surface area (Å²) in [5.74, 6) is -1.42. The highest BCUT2D eigenvalue weighted by Gasteiger charge is 2.41. The highest BCUT2D eigenvalue weighted by molar-refractivity contribution is 8.13. The molecule has 0 radical (unpaired) electrons. The molecule has 0 aromatic heterocycles. The van der Waals surface area contributed by atoms with Crippen molar-refractivity contribution >= 4 is 34.0 Å². The molecule has 5 nitrogen and oxygen atoms in total. The Morgan fingerprint density at radius 2 is 1.77 bits per heavy atom. The van der Waals surface area contributed by atoms with Gasteiger partial charge in [0.2, 0.25) is 0 Å². The molecule has 0 unspecified atom stereocenters. The van der Waals surface area contributed by atoms with Crippen LogP contribution in [0.4, 0.5) is 0 Å². The van der Waals surface area contributed by atoms with E-state index >= 15 is 0 Å². The summed E-state index contributed by atoms with van der Waals surface area (Å²) in [6.45, 7) is 11.3. The summed E-state index contributed by atoms with van der Waals surface area (Å²) in [4.78, 5) is 11.2. The third-order valence-electron chi connectivity index (χ3n) is 3.86. The molecule has 1 rings (SSSR count). The summed E-state index contributed by atoms with van der Waals surface area (Å²) >= 11 is 0. The van der Waals surface area contributed by atoms with E-state index in [2.05, 4.69) is 0 Å². The van der Waals surface area contributed by atoms with E-state index in [0.29, 0.717) is 5.56 Å². The van der Waals surface area contributed by atoms with Gasteiger partial charge in [-0.25, -0.2) is 13.2 Å². The van der Waals surface area contributed by atoms with E-state index in [1.54, 1.807) is 6.92 Å². The molecule has 0 bridgehead atoms. The molecule has 0 amide bonds. The molecule has 1 aromatic rings. The van der Waals surface area contributed by atoms with E-state index in [1.165, 1.54) is 12.1 Å². The number of halogens is 1. The number of carboxylic acid groups (broad SMARTS) is 1. The quantitative estimate of drug-likeness (QED) is 0.645. The summed E-state index contributed by atoms with van der Waals surface area (Å²) in [7, 11) is -1.09.